The molecule has 11 heteroatoms. The van der Waals surface area contributed by atoms with Gasteiger partial charge in [0.15, 0.2) is 0 Å². The van der Waals surface area contributed by atoms with E-state index in [-0.39, 0.29) is 0 Å². The van der Waals surface area contributed by atoms with Crippen LogP contribution in [-0.2, 0) is 0 Å². The lowest BCUT2D eigenvalue weighted by Gasteiger charge is -1.98. The summed E-state index contributed by atoms with van der Waals surface area (Å²) in [6, 6.07) is 0.590. The van der Waals surface area contributed by atoms with E-state index in [2.05, 4.69) is 15.0 Å². The Morgan fingerprint density at radius 1 is 1.38 bits per heavy atom. The molecule has 1 rings (SSSR count). The van der Waals surface area contributed by atoms with Gasteiger partial charge in [-0.3, -0.25) is 20.2 Å². The van der Waals surface area contributed by atoms with Crippen LogP contribution >= 0.6 is 0 Å². The number of rotatable bonds is 3. The molecule has 0 aliphatic rings. The molecule has 0 fully saturated rings. The number of hydrogen-bond acceptors (Lipinski definition) is 7. The van der Waals surface area contributed by atoms with Crippen LogP contribution in [0.5, 0.6) is 0 Å². The Morgan fingerprint density at radius 3 is 2.38 bits per heavy atom. The fourth-order valence-corrected chi connectivity index (χ4v) is 0.893. The molecule has 0 aliphatic carbocycles. The fourth-order valence-electron chi connectivity index (χ4n) is 0.893. The van der Waals surface area contributed by atoms with Crippen LogP contribution in [0.25, 0.3) is 10.4 Å². The van der Waals surface area contributed by atoms with Crippen LogP contribution in [0.4, 0.5) is 23.0 Å². The molecule has 0 aliphatic heterocycles. The first-order chi connectivity index (χ1) is 7.47. The summed E-state index contributed by atoms with van der Waals surface area (Å²) in [4.78, 5) is 24.6. The standard InChI is InChI=1S/C5H3N7O4/c6-4-2(11(13)14)1-3(12(15)16)5(8-4)9-10-7/h1H,(H2,6,8). The van der Waals surface area contributed by atoms with Crippen molar-refractivity contribution in [3.8, 4) is 0 Å². The lowest BCUT2D eigenvalue weighted by molar-refractivity contribution is -0.393. The molecule has 0 spiro atoms. The molecule has 0 bridgehead atoms. The van der Waals surface area contributed by atoms with Gasteiger partial charge in [0.05, 0.1) is 15.9 Å². The molecule has 16 heavy (non-hydrogen) atoms. The summed E-state index contributed by atoms with van der Waals surface area (Å²) >= 11 is 0. The highest BCUT2D eigenvalue weighted by Crippen LogP contribution is 2.32. The van der Waals surface area contributed by atoms with E-state index in [0.717, 1.165) is 0 Å². The summed E-state index contributed by atoms with van der Waals surface area (Å²) in [5, 5.41) is 23.8. The van der Waals surface area contributed by atoms with E-state index < -0.39 is 32.9 Å². The highest BCUT2D eigenvalue weighted by Gasteiger charge is 2.23. The van der Waals surface area contributed by atoms with Gasteiger partial charge < -0.3 is 5.73 Å². The van der Waals surface area contributed by atoms with Crippen LogP contribution in [0.2, 0.25) is 0 Å². The van der Waals surface area contributed by atoms with Gasteiger partial charge in [-0.1, -0.05) is 0 Å². The molecule has 0 saturated carbocycles. The van der Waals surface area contributed by atoms with Crippen LogP contribution in [0.15, 0.2) is 11.2 Å². The van der Waals surface area contributed by atoms with Crippen molar-refractivity contribution in [2.75, 3.05) is 5.73 Å². The van der Waals surface area contributed by atoms with Gasteiger partial charge in [0.25, 0.3) is 0 Å². The minimum Gasteiger partial charge on any atom is -0.378 e. The number of azide groups is 1. The second-order valence-electron chi connectivity index (χ2n) is 2.44. The molecule has 0 unspecified atom stereocenters. The Hall–Kier alpha value is -2.94. The van der Waals surface area contributed by atoms with E-state index >= 15 is 0 Å². The van der Waals surface area contributed by atoms with Gasteiger partial charge in [-0.05, 0) is 10.6 Å². The van der Waals surface area contributed by atoms with Gasteiger partial charge >= 0.3 is 11.4 Å². The topological polar surface area (TPSA) is 174 Å². The Labute approximate surface area is 86.4 Å². The maximum absolute atomic E-state index is 10.5. The largest absolute Gasteiger partial charge is 0.378 e. The number of nitro groups is 2. The molecule has 82 valence electrons. The van der Waals surface area contributed by atoms with Crippen molar-refractivity contribution >= 4 is 23.0 Å². The van der Waals surface area contributed by atoms with Gasteiger partial charge in [0.2, 0.25) is 11.6 Å². The highest BCUT2D eigenvalue weighted by molar-refractivity contribution is 5.65. The van der Waals surface area contributed by atoms with E-state index in [0.29, 0.717) is 6.07 Å². The molecule has 11 nitrogen and oxygen atoms in total. The Bertz CT molecular complexity index is 520. The summed E-state index contributed by atoms with van der Waals surface area (Å²) in [5.41, 5.74) is 11.8. The van der Waals surface area contributed by atoms with Gasteiger partial charge in [-0.25, -0.2) is 4.98 Å². The molecule has 0 atom stereocenters. The molecule has 0 aromatic carbocycles. The van der Waals surface area contributed by atoms with Crippen molar-refractivity contribution < 1.29 is 9.85 Å². The minimum absolute atomic E-state index is 0.557. The van der Waals surface area contributed by atoms with Crippen LogP contribution in [0.3, 0.4) is 0 Å². The van der Waals surface area contributed by atoms with E-state index in [4.69, 9.17) is 11.3 Å². The Kier molecular flexibility index (Phi) is 2.83. The molecule has 2 N–H and O–H groups in total. The summed E-state index contributed by atoms with van der Waals surface area (Å²) < 4.78 is 0. The normalized spacial score (nSPS) is 9.25. The second kappa shape index (κ2) is 4.06. The van der Waals surface area contributed by atoms with Gasteiger partial charge in [0.1, 0.15) is 0 Å². The van der Waals surface area contributed by atoms with Crippen molar-refractivity contribution in [1.29, 1.82) is 0 Å². The number of hydrogen-bond donors (Lipinski definition) is 1. The van der Waals surface area contributed by atoms with Crippen molar-refractivity contribution in [2.24, 2.45) is 5.11 Å². The van der Waals surface area contributed by atoms with E-state index in [9.17, 15) is 20.2 Å². The zero-order chi connectivity index (χ0) is 12.3. The van der Waals surface area contributed by atoms with Gasteiger partial charge in [-0.15, -0.1) is 0 Å². The summed E-state index contributed by atoms with van der Waals surface area (Å²) in [6.45, 7) is 0. The van der Waals surface area contributed by atoms with Crippen LogP contribution in [0, 0.1) is 20.2 Å². The maximum Gasteiger partial charge on any atom is 0.318 e. The molecule has 0 radical (unpaired) electrons. The number of anilines is 1. The van der Waals surface area contributed by atoms with Crippen molar-refractivity contribution in [3.05, 3.63) is 36.7 Å². The highest BCUT2D eigenvalue weighted by atomic mass is 16.6. The van der Waals surface area contributed by atoms with Crippen molar-refractivity contribution in [1.82, 2.24) is 4.98 Å². The maximum atomic E-state index is 10.5. The predicted molar refractivity (Wildman–Crippen MR) is 50.8 cm³/mol. The molecule has 0 saturated heterocycles. The Balaban J connectivity index is 3.55. The molecule has 0 amide bonds. The quantitative estimate of drug-likeness (QED) is 0.267. The monoisotopic (exact) mass is 225 g/mol. The lowest BCUT2D eigenvalue weighted by atomic mass is 10.3. The first kappa shape index (κ1) is 11.1. The third-order valence-electron chi connectivity index (χ3n) is 1.52. The Morgan fingerprint density at radius 2 is 1.94 bits per heavy atom. The molecule has 1 aromatic heterocycles. The number of nitrogens with two attached hydrogens (primary N) is 1. The van der Waals surface area contributed by atoms with E-state index in [1.54, 1.807) is 0 Å². The zero-order valence-corrected chi connectivity index (χ0v) is 7.47. The number of nitrogens with zero attached hydrogens (tertiary/aromatic N) is 6. The third kappa shape index (κ3) is 1.93. The number of nitrogen functional groups attached to an aromatic ring is 1. The molecule has 1 aromatic rings. The predicted octanol–water partition coefficient (Wildman–Crippen LogP) is 1.42. The SMILES string of the molecule is [N-]=[N+]=Nc1nc(N)c([N+](=O)[O-])cc1[N+](=O)[O-]. The summed E-state index contributed by atoms with van der Waals surface area (Å²) in [5.74, 6) is -1.17. The second-order valence-corrected chi connectivity index (χ2v) is 2.44. The average molecular weight is 225 g/mol. The first-order valence-corrected chi connectivity index (χ1v) is 3.61. The van der Waals surface area contributed by atoms with Crippen LogP contribution in [-0.4, -0.2) is 14.8 Å². The lowest BCUT2D eigenvalue weighted by Crippen LogP contribution is -2.01. The van der Waals surface area contributed by atoms with Crippen molar-refractivity contribution in [3.63, 3.8) is 0 Å². The number of aromatic nitrogens is 1. The van der Waals surface area contributed by atoms with E-state index in [1.807, 2.05) is 0 Å². The summed E-state index contributed by atoms with van der Waals surface area (Å²) in [7, 11) is 0. The van der Waals surface area contributed by atoms with Crippen LogP contribution in [0.1, 0.15) is 0 Å². The molecular formula is C5H3N7O4. The van der Waals surface area contributed by atoms with Crippen LogP contribution < -0.4 is 5.73 Å². The van der Waals surface area contributed by atoms with E-state index in [1.165, 1.54) is 0 Å². The third-order valence-corrected chi connectivity index (χ3v) is 1.52. The number of pyridine rings is 1. The molecule has 1 heterocycles. The van der Waals surface area contributed by atoms with Gasteiger partial charge in [0, 0.05) is 4.91 Å². The van der Waals surface area contributed by atoms with Crippen molar-refractivity contribution in [2.45, 2.75) is 0 Å². The smallest absolute Gasteiger partial charge is 0.318 e. The minimum atomic E-state index is -0.955. The van der Waals surface area contributed by atoms with Gasteiger partial charge in [-0.2, -0.15) is 0 Å². The fraction of sp³-hybridized carbons (Fsp3) is 0. The first-order valence-electron chi connectivity index (χ1n) is 3.61. The summed E-state index contributed by atoms with van der Waals surface area (Å²) in [6.07, 6.45) is 0. The molecular weight excluding hydrogens is 222 g/mol. The average Bonchev–Trinajstić information content (AvgIpc) is 2.17. The zero-order valence-electron chi connectivity index (χ0n) is 7.47.